The zero-order valence-electron chi connectivity index (χ0n) is 17.0. The molecule has 3 rings (SSSR count). The van der Waals surface area contributed by atoms with E-state index in [4.69, 9.17) is 19.7 Å². The van der Waals surface area contributed by atoms with Crippen LogP contribution in [0.2, 0.25) is 0 Å². The van der Waals surface area contributed by atoms with Gasteiger partial charge in [0.25, 0.3) is 0 Å². The summed E-state index contributed by atoms with van der Waals surface area (Å²) in [4.78, 5) is 17.2. The first-order chi connectivity index (χ1) is 14.5. The van der Waals surface area contributed by atoms with Gasteiger partial charge in [-0.2, -0.15) is 0 Å². The summed E-state index contributed by atoms with van der Waals surface area (Å²) in [7, 11) is 4.54. The molecule has 3 aromatic rings. The van der Waals surface area contributed by atoms with Crippen LogP contribution >= 0.6 is 11.3 Å². The number of thiazole rings is 1. The smallest absolute Gasteiger partial charge is 0.340 e. The van der Waals surface area contributed by atoms with Crippen LogP contribution in [0.5, 0.6) is 11.5 Å². The molecule has 30 heavy (non-hydrogen) atoms. The molecular weight excluding hydrogens is 404 g/mol. The second-order valence-corrected chi connectivity index (χ2v) is 7.34. The minimum Gasteiger partial charge on any atom is -0.497 e. The lowest BCUT2D eigenvalue weighted by Gasteiger charge is -2.10. The van der Waals surface area contributed by atoms with Gasteiger partial charge in [-0.05, 0) is 54.1 Å². The van der Waals surface area contributed by atoms with E-state index < -0.39 is 6.03 Å². The van der Waals surface area contributed by atoms with Gasteiger partial charge in [0.05, 0.1) is 24.8 Å². The van der Waals surface area contributed by atoms with Gasteiger partial charge >= 0.3 is 6.03 Å². The van der Waals surface area contributed by atoms with Crippen molar-refractivity contribution in [3.63, 3.8) is 0 Å². The molecule has 9 heteroatoms. The van der Waals surface area contributed by atoms with E-state index >= 15 is 0 Å². The number of anilines is 1. The van der Waals surface area contributed by atoms with Crippen LogP contribution in [0.1, 0.15) is 0 Å². The molecular formula is C21H24N4O4S. The molecule has 0 unspecified atom stereocenters. The third-order valence-corrected chi connectivity index (χ3v) is 5.38. The fourth-order valence-electron chi connectivity index (χ4n) is 2.73. The zero-order chi connectivity index (χ0) is 21.5. The number of ether oxygens (including phenoxy) is 2. The fraction of sp³-hybridized carbons (Fsp3) is 0.238. The number of amides is 2. The van der Waals surface area contributed by atoms with Gasteiger partial charge in [-0.25, -0.2) is 14.8 Å². The van der Waals surface area contributed by atoms with Crippen LogP contribution in [0.3, 0.4) is 0 Å². The summed E-state index contributed by atoms with van der Waals surface area (Å²) in [6, 6.07) is 15.0. The lowest BCUT2D eigenvalue weighted by Crippen LogP contribution is -2.37. The predicted molar refractivity (Wildman–Crippen MR) is 118 cm³/mol. The van der Waals surface area contributed by atoms with Crippen molar-refractivity contribution >= 4 is 22.5 Å². The quantitative estimate of drug-likeness (QED) is 0.286. The minimum atomic E-state index is -0.561. The molecule has 1 heterocycles. The fourth-order valence-corrected chi connectivity index (χ4v) is 3.75. The van der Waals surface area contributed by atoms with Crippen molar-refractivity contribution in [2.24, 2.45) is 0 Å². The Morgan fingerprint density at radius 1 is 1.00 bits per heavy atom. The maximum atomic E-state index is 11.4. The molecule has 0 bridgehead atoms. The summed E-state index contributed by atoms with van der Waals surface area (Å²) >= 11 is 1.53. The van der Waals surface area contributed by atoms with Crippen molar-refractivity contribution < 1.29 is 19.5 Å². The van der Waals surface area contributed by atoms with Crippen molar-refractivity contribution in [1.29, 1.82) is 0 Å². The van der Waals surface area contributed by atoms with Crippen molar-refractivity contribution in [2.75, 3.05) is 39.7 Å². The third kappa shape index (κ3) is 5.19. The van der Waals surface area contributed by atoms with E-state index in [0.29, 0.717) is 18.2 Å². The number of benzene rings is 2. The van der Waals surface area contributed by atoms with Gasteiger partial charge in [0.15, 0.2) is 5.13 Å². The van der Waals surface area contributed by atoms with Crippen LogP contribution in [-0.2, 0) is 0 Å². The molecule has 158 valence electrons. The van der Waals surface area contributed by atoms with Gasteiger partial charge in [0.1, 0.15) is 11.5 Å². The van der Waals surface area contributed by atoms with Crippen LogP contribution in [0, 0.1) is 0 Å². The summed E-state index contributed by atoms with van der Waals surface area (Å²) in [5.74, 6) is 1.57. The van der Waals surface area contributed by atoms with Gasteiger partial charge in [0, 0.05) is 25.7 Å². The Kier molecular flexibility index (Phi) is 7.10. The van der Waals surface area contributed by atoms with E-state index in [0.717, 1.165) is 38.3 Å². The molecule has 0 aliphatic rings. The molecule has 0 radical (unpaired) electrons. The number of nitrogens with zero attached hydrogens (tertiary/aromatic N) is 2. The predicted octanol–water partition coefficient (Wildman–Crippen LogP) is 3.94. The van der Waals surface area contributed by atoms with Gasteiger partial charge in [-0.1, -0.05) is 11.3 Å². The Labute approximate surface area is 179 Å². The molecule has 0 saturated carbocycles. The summed E-state index contributed by atoms with van der Waals surface area (Å²) in [6.07, 6.45) is 0. The molecule has 0 atom stereocenters. The molecule has 2 aromatic carbocycles. The SMILES string of the molecule is COc1ccc(-c2nc(NCCNC(=O)N(C)O)sc2-c2ccc(OC)cc2)cc1. The van der Waals surface area contributed by atoms with Gasteiger partial charge in [-0.15, -0.1) is 0 Å². The molecule has 0 saturated heterocycles. The van der Waals surface area contributed by atoms with Crippen molar-refractivity contribution in [2.45, 2.75) is 0 Å². The maximum Gasteiger partial charge on any atom is 0.340 e. The van der Waals surface area contributed by atoms with Gasteiger partial charge in [0.2, 0.25) is 0 Å². The van der Waals surface area contributed by atoms with Crippen molar-refractivity contribution in [1.82, 2.24) is 15.4 Å². The minimum absolute atomic E-state index is 0.346. The van der Waals surface area contributed by atoms with E-state index in [1.165, 1.54) is 18.4 Å². The molecule has 0 aliphatic heterocycles. The highest BCUT2D eigenvalue weighted by atomic mass is 32.1. The van der Waals surface area contributed by atoms with Crippen molar-refractivity contribution in [3.8, 4) is 33.2 Å². The Hall–Kier alpha value is -3.30. The highest BCUT2D eigenvalue weighted by Gasteiger charge is 2.15. The average Bonchev–Trinajstić information content (AvgIpc) is 3.20. The molecule has 2 amide bonds. The topological polar surface area (TPSA) is 96.0 Å². The summed E-state index contributed by atoms with van der Waals surface area (Å²) < 4.78 is 10.5. The number of hydrogen-bond donors (Lipinski definition) is 3. The normalized spacial score (nSPS) is 10.4. The third-order valence-electron chi connectivity index (χ3n) is 4.31. The lowest BCUT2D eigenvalue weighted by molar-refractivity contribution is -0.0180. The van der Waals surface area contributed by atoms with E-state index in [-0.39, 0.29) is 0 Å². The lowest BCUT2D eigenvalue weighted by atomic mass is 10.1. The second-order valence-electron chi connectivity index (χ2n) is 6.34. The zero-order valence-corrected chi connectivity index (χ0v) is 17.8. The number of rotatable bonds is 8. The van der Waals surface area contributed by atoms with E-state index in [1.54, 1.807) is 14.2 Å². The number of hydroxylamine groups is 2. The molecule has 0 spiro atoms. The van der Waals surface area contributed by atoms with E-state index in [9.17, 15) is 4.79 Å². The number of methoxy groups -OCH3 is 2. The number of carbonyl (C=O) groups is 1. The maximum absolute atomic E-state index is 11.4. The highest BCUT2D eigenvalue weighted by molar-refractivity contribution is 7.19. The first-order valence-electron chi connectivity index (χ1n) is 9.25. The van der Waals surface area contributed by atoms with Crippen LogP contribution in [0.25, 0.3) is 21.7 Å². The molecule has 0 aliphatic carbocycles. The standard InChI is InChI=1S/C21H24N4O4S/c1-25(27)21(26)23-13-12-22-20-24-18(14-4-8-16(28-2)9-5-14)19(30-20)15-6-10-17(29-3)11-7-15/h4-11,27H,12-13H2,1-3H3,(H,22,24)(H,23,26). The van der Waals surface area contributed by atoms with Crippen molar-refractivity contribution in [3.05, 3.63) is 48.5 Å². The van der Waals surface area contributed by atoms with Gasteiger partial charge in [-0.3, -0.25) is 5.21 Å². The largest absolute Gasteiger partial charge is 0.497 e. The summed E-state index contributed by atoms with van der Waals surface area (Å²) in [6.45, 7) is 0.816. The summed E-state index contributed by atoms with van der Waals surface area (Å²) in [5.41, 5.74) is 2.86. The Morgan fingerprint density at radius 3 is 2.10 bits per heavy atom. The van der Waals surface area contributed by atoms with Gasteiger partial charge < -0.3 is 20.1 Å². The first-order valence-corrected chi connectivity index (χ1v) is 10.1. The number of aromatic nitrogens is 1. The molecule has 8 nitrogen and oxygen atoms in total. The number of hydrogen-bond acceptors (Lipinski definition) is 7. The highest BCUT2D eigenvalue weighted by Crippen LogP contribution is 2.39. The Bertz CT molecular complexity index is 907. The van der Waals surface area contributed by atoms with Crippen LogP contribution in [-0.4, -0.2) is 55.6 Å². The molecule has 0 fully saturated rings. The monoisotopic (exact) mass is 428 g/mol. The Morgan fingerprint density at radius 2 is 1.57 bits per heavy atom. The van der Waals surface area contributed by atoms with E-state index in [1.807, 2.05) is 48.5 Å². The Balaban J connectivity index is 1.83. The molecule has 1 aromatic heterocycles. The summed E-state index contributed by atoms with van der Waals surface area (Å²) in [5, 5.41) is 16.1. The number of nitrogens with one attached hydrogen (secondary N) is 2. The second kappa shape index (κ2) is 9.95. The average molecular weight is 429 g/mol. The molecule has 3 N–H and O–H groups in total. The number of carbonyl (C=O) groups excluding carboxylic acids is 1. The first kappa shape index (κ1) is 21.4. The van der Waals surface area contributed by atoms with Crippen LogP contribution < -0.4 is 20.1 Å². The van der Waals surface area contributed by atoms with Crippen LogP contribution in [0.15, 0.2) is 48.5 Å². The number of urea groups is 1. The van der Waals surface area contributed by atoms with E-state index in [2.05, 4.69) is 10.6 Å². The van der Waals surface area contributed by atoms with Crippen LogP contribution in [0.4, 0.5) is 9.93 Å².